The number of carbonyl (C=O) groups is 1. The van der Waals surface area contributed by atoms with E-state index in [1.807, 2.05) is 45.9 Å². The average molecular weight is 432 g/mol. The minimum atomic E-state index is -0.123. The van der Waals surface area contributed by atoms with Gasteiger partial charge < -0.3 is 28.6 Å². The molecule has 1 amide bonds. The van der Waals surface area contributed by atoms with Crippen LogP contribution in [0.15, 0.2) is 30.3 Å². The third-order valence-corrected chi connectivity index (χ3v) is 4.65. The van der Waals surface area contributed by atoms with Crippen LogP contribution in [0, 0.1) is 0 Å². The van der Waals surface area contributed by atoms with E-state index in [4.69, 9.17) is 23.7 Å². The number of nitrogens with zero attached hydrogens (tertiary/aromatic N) is 1. The van der Waals surface area contributed by atoms with E-state index in [9.17, 15) is 4.79 Å². The van der Waals surface area contributed by atoms with Crippen LogP contribution in [0.4, 0.5) is 0 Å². The Balaban J connectivity index is 2.38. The van der Waals surface area contributed by atoms with Crippen molar-refractivity contribution in [2.24, 2.45) is 0 Å². The maximum Gasteiger partial charge on any atom is 0.254 e. The predicted octanol–water partition coefficient (Wildman–Crippen LogP) is 4.56. The molecule has 7 nitrogen and oxygen atoms in total. The van der Waals surface area contributed by atoms with Crippen LogP contribution in [0.1, 0.15) is 43.6 Å². The van der Waals surface area contributed by atoms with Crippen LogP contribution in [-0.2, 0) is 6.54 Å². The Morgan fingerprint density at radius 3 is 1.84 bits per heavy atom. The molecular weight excluding hydrogens is 398 g/mol. The van der Waals surface area contributed by atoms with E-state index in [1.54, 1.807) is 31.3 Å². The van der Waals surface area contributed by atoms with Gasteiger partial charge in [0.1, 0.15) is 0 Å². The van der Waals surface area contributed by atoms with Gasteiger partial charge in [0.05, 0.1) is 34.0 Å². The molecule has 0 saturated carbocycles. The number of rotatable bonds is 12. The summed E-state index contributed by atoms with van der Waals surface area (Å²) in [4.78, 5) is 15.1. The second-order valence-corrected chi connectivity index (χ2v) is 6.61. The van der Waals surface area contributed by atoms with E-state index in [1.165, 1.54) is 0 Å². The summed E-state index contributed by atoms with van der Waals surface area (Å²) in [5.74, 6) is 2.67. The predicted molar refractivity (Wildman–Crippen MR) is 120 cm³/mol. The lowest BCUT2D eigenvalue weighted by atomic mass is 10.1. The third kappa shape index (κ3) is 5.96. The SMILES string of the molecule is CCOc1cc(C(=O)N(CC)Cc2ccc(OC)c(OC)c2)cc(OCC)c1OCC. The summed E-state index contributed by atoms with van der Waals surface area (Å²) in [6, 6.07) is 9.08. The van der Waals surface area contributed by atoms with Gasteiger partial charge in [-0.25, -0.2) is 0 Å². The molecule has 0 N–H and O–H groups in total. The molecule has 0 radical (unpaired) electrons. The Morgan fingerprint density at radius 1 is 0.774 bits per heavy atom. The number of carbonyl (C=O) groups excluding carboxylic acids is 1. The second-order valence-electron chi connectivity index (χ2n) is 6.61. The molecule has 0 aromatic heterocycles. The van der Waals surface area contributed by atoms with E-state index in [2.05, 4.69) is 0 Å². The highest BCUT2D eigenvalue weighted by atomic mass is 16.5. The summed E-state index contributed by atoms with van der Waals surface area (Å²) < 4.78 is 27.9. The Hall–Kier alpha value is -3.09. The molecular formula is C24H33NO6. The summed E-state index contributed by atoms with van der Waals surface area (Å²) in [7, 11) is 3.19. The quantitative estimate of drug-likeness (QED) is 0.491. The number of hydrogen-bond donors (Lipinski definition) is 0. The summed E-state index contributed by atoms with van der Waals surface area (Å²) >= 11 is 0. The highest BCUT2D eigenvalue weighted by molar-refractivity contribution is 5.95. The molecule has 0 bridgehead atoms. The Labute approximate surface area is 184 Å². The van der Waals surface area contributed by atoms with Crippen LogP contribution in [-0.4, -0.2) is 51.4 Å². The monoisotopic (exact) mass is 431 g/mol. The Kier molecular flexibility index (Phi) is 9.31. The first kappa shape index (κ1) is 24.2. The lowest BCUT2D eigenvalue weighted by Gasteiger charge is -2.23. The largest absolute Gasteiger partial charge is 0.493 e. The van der Waals surface area contributed by atoms with E-state index >= 15 is 0 Å². The molecule has 0 fully saturated rings. The normalized spacial score (nSPS) is 10.4. The fourth-order valence-corrected chi connectivity index (χ4v) is 3.22. The van der Waals surface area contributed by atoms with Gasteiger partial charge in [0.25, 0.3) is 5.91 Å². The molecule has 170 valence electrons. The lowest BCUT2D eigenvalue weighted by molar-refractivity contribution is 0.0751. The van der Waals surface area contributed by atoms with Gasteiger partial charge in [0.2, 0.25) is 5.75 Å². The van der Waals surface area contributed by atoms with Gasteiger partial charge in [-0.05, 0) is 57.5 Å². The summed E-state index contributed by atoms with van der Waals surface area (Å²) in [5.41, 5.74) is 1.42. The molecule has 0 saturated heterocycles. The zero-order valence-electron chi connectivity index (χ0n) is 19.3. The number of ether oxygens (including phenoxy) is 5. The molecule has 0 aliphatic carbocycles. The van der Waals surface area contributed by atoms with Gasteiger partial charge in [-0.1, -0.05) is 6.07 Å². The van der Waals surface area contributed by atoms with E-state index in [0.29, 0.717) is 67.2 Å². The van der Waals surface area contributed by atoms with Gasteiger partial charge in [0.15, 0.2) is 23.0 Å². The Morgan fingerprint density at radius 2 is 1.35 bits per heavy atom. The molecule has 2 aromatic carbocycles. The van der Waals surface area contributed by atoms with Crippen LogP contribution in [0.5, 0.6) is 28.7 Å². The van der Waals surface area contributed by atoms with Crippen LogP contribution in [0.25, 0.3) is 0 Å². The van der Waals surface area contributed by atoms with Crippen LogP contribution in [0.3, 0.4) is 0 Å². The molecule has 31 heavy (non-hydrogen) atoms. The molecule has 0 aliphatic rings. The molecule has 0 aliphatic heterocycles. The van der Waals surface area contributed by atoms with Crippen molar-refractivity contribution in [3.8, 4) is 28.7 Å². The molecule has 0 unspecified atom stereocenters. The van der Waals surface area contributed by atoms with E-state index in [-0.39, 0.29) is 5.91 Å². The standard InChI is InChI=1S/C24H33NO6/c1-7-25(16-17-11-12-19(27-5)20(13-17)28-6)24(26)18-14-21(29-8-2)23(31-10-4)22(15-18)30-9-3/h11-15H,7-10,16H2,1-6H3. The van der Waals surface area contributed by atoms with Crippen molar-refractivity contribution in [2.45, 2.75) is 34.2 Å². The van der Waals surface area contributed by atoms with Crippen molar-refractivity contribution in [1.82, 2.24) is 4.90 Å². The van der Waals surface area contributed by atoms with E-state index in [0.717, 1.165) is 5.56 Å². The lowest BCUT2D eigenvalue weighted by Crippen LogP contribution is -2.30. The zero-order chi connectivity index (χ0) is 22.8. The molecule has 0 heterocycles. The van der Waals surface area contributed by atoms with Crippen molar-refractivity contribution in [3.63, 3.8) is 0 Å². The first-order valence-electron chi connectivity index (χ1n) is 10.6. The smallest absolute Gasteiger partial charge is 0.254 e. The van der Waals surface area contributed by atoms with Crippen molar-refractivity contribution >= 4 is 5.91 Å². The van der Waals surface area contributed by atoms with Crippen molar-refractivity contribution < 1.29 is 28.5 Å². The highest BCUT2D eigenvalue weighted by Crippen LogP contribution is 2.39. The number of amides is 1. The van der Waals surface area contributed by atoms with Gasteiger partial charge in [-0.3, -0.25) is 4.79 Å². The average Bonchev–Trinajstić information content (AvgIpc) is 2.79. The molecule has 0 spiro atoms. The zero-order valence-corrected chi connectivity index (χ0v) is 19.3. The van der Waals surface area contributed by atoms with Gasteiger partial charge in [-0.15, -0.1) is 0 Å². The fraction of sp³-hybridized carbons (Fsp3) is 0.458. The molecule has 0 atom stereocenters. The number of hydrogen-bond acceptors (Lipinski definition) is 6. The van der Waals surface area contributed by atoms with E-state index < -0.39 is 0 Å². The maximum atomic E-state index is 13.4. The van der Waals surface area contributed by atoms with Crippen molar-refractivity contribution in [2.75, 3.05) is 40.6 Å². The topological polar surface area (TPSA) is 66.5 Å². The maximum absolute atomic E-state index is 13.4. The minimum Gasteiger partial charge on any atom is -0.493 e. The first-order valence-corrected chi connectivity index (χ1v) is 10.6. The van der Waals surface area contributed by atoms with Crippen LogP contribution < -0.4 is 23.7 Å². The Bertz CT molecular complexity index is 840. The number of methoxy groups -OCH3 is 2. The van der Waals surface area contributed by atoms with Gasteiger partial charge in [0, 0.05) is 18.7 Å². The molecule has 2 rings (SSSR count). The van der Waals surface area contributed by atoms with Gasteiger partial charge in [-0.2, -0.15) is 0 Å². The summed E-state index contributed by atoms with van der Waals surface area (Å²) in [6.45, 7) is 9.95. The van der Waals surface area contributed by atoms with Crippen molar-refractivity contribution in [3.05, 3.63) is 41.5 Å². The highest BCUT2D eigenvalue weighted by Gasteiger charge is 2.22. The first-order chi connectivity index (χ1) is 15.0. The van der Waals surface area contributed by atoms with Crippen LogP contribution in [0.2, 0.25) is 0 Å². The molecule has 2 aromatic rings. The van der Waals surface area contributed by atoms with Crippen LogP contribution >= 0.6 is 0 Å². The minimum absolute atomic E-state index is 0.123. The number of benzene rings is 2. The third-order valence-electron chi connectivity index (χ3n) is 4.65. The van der Waals surface area contributed by atoms with Gasteiger partial charge >= 0.3 is 0 Å². The summed E-state index contributed by atoms with van der Waals surface area (Å²) in [5, 5.41) is 0. The fourth-order valence-electron chi connectivity index (χ4n) is 3.22. The second kappa shape index (κ2) is 11.9. The summed E-state index contributed by atoms with van der Waals surface area (Å²) in [6.07, 6.45) is 0. The van der Waals surface area contributed by atoms with Crippen molar-refractivity contribution in [1.29, 1.82) is 0 Å². The molecule has 7 heteroatoms.